The van der Waals surface area contributed by atoms with E-state index in [2.05, 4.69) is 27.5 Å². The molecule has 1 heterocycles. The quantitative estimate of drug-likeness (QED) is 0.578. The largest absolute Gasteiger partial charge is 0.416 e. The summed E-state index contributed by atoms with van der Waals surface area (Å²) in [5.74, 6) is 0.584. The van der Waals surface area contributed by atoms with Crippen molar-refractivity contribution in [3.63, 3.8) is 0 Å². The summed E-state index contributed by atoms with van der Waals surface area (Å²) in [4.78, 5) is 8.13. The van der Waals surface area contributed by atoms with Gasteiger partial charge in [0.2, 0.25) is 0 Å². The molecule has 0 saturated heterocycles. The van der Waals surface area contributed by atoms with Crippen molar-refractivity contribution in [1.82, 2.24) is 9.97 Å². The van der Waals surface area contributed by atoms with Gasteiger partial charge in [-0.3, -0.25) is 0 Å². The second-order valence-electron chi connectivity index (χ2n) is 5.86. The molecule has 0 atom stereocenters. The lowest BCUT2D eigenvalue weighted by atomic mass is 10.1. The van der Waals surface area contributed by atoms with Crippen molar-refractivity contribution >= 4 is 28.7 Å². The summed E-state index contributed by atoms with van der Waals surface area (Å²) in [6.45, 7) is 2.07. The molecule has 0 amide bonds. The zero-order chi connectivity index (χ0) is 19.4. The number of hydrogen-bond acceptors (Lipinski definition) is 5. The number of nitrogens with two attached hydrogens (primary N) is 1. The van der Waals surface area contributed by atoms with Gasteiger partial charge in [0.1, 0.15) is 12.0 Å². The van der Waals surface area contributed by atoms with Crippen LogP contribution in [0.4, 0.5) is 41.9 Å². The second-order valence-corrected chi connectivity index (χ2v) is 5.86. The third-order valence-corrected chi connectivity index (χ3v) is 3.96. The predicted octanol–water partition coefficient (Wildman–Crippen LogP) is 5.13. The molecular weight excluding hydrogens is 355 g/mol. The monoisotopic (exact) mass is 373 g/mol. The number of alkyl halides is 3. The Morgan fingerprint density at radius 3 is 2.15 bits per heavy atom. The van der Waals surface area contributed by atoms with Gasteiger partial charge in [-0.1, -0.05) is 25.1 Å². The lowest BCUT2D eigenvalue weighted by molar-refractivity contribution is -0.137. The molecule has 140 valence electrons. The molecule has 0 aliphatic carbocycles. The van der Waals surface area contributed by atoms with Crippen molar-refractivity contribution < 1.29 is 13.2 Å². The fourth-order valence-corrected chi connectivity index (χ4v) is 2.47. The van der Waals surface area contributed by atoms with Crippen LogP contribution in [-0.4, -0.2) is 9.97 Å². The Bertz CT molecular complexity index is 923. The topological polar surface area (TPSA) is 75.9 Å². The number of nitrogens with one attached hydrogen (secondary N) is 2. The van der Waals surface area contributed by atoms with Crippen LogP contribution in [-0.2, 0) is 12.6 Å². The van der Waals surface area contributed by atoms with Crippen molar-refractivity contribution in [2.75, 3.05) is 16.4 Å². The van der Waals surface area contributed by atoms with E-state index in [0.717, 1.165) is 24.2 Å². The summed E-state index contributed by atoms with van der Waals surface area (Å²) < 4.78 is 38.6. The van der Waals surface area contributed by atoms with Gasteiger partial charge >= 0.3 is 6.18 Å². The number of halogens is 3. The summed E-state index contributed by atoms with van der Waals surface area (Å²) in [7, 11) is 0. The highest BCUT2D eigenvalue weighted by molar-refractivity contribution is 5.80. The first-order valence-corrected chi connectivity index (χ1v) is 8.27. The van der Waals surface area contributed by atoms with E-state index in [9.17, 15) is 13.2 Å². The lowest BCUT2D eigenvalue weighted by Crippen LogP contribution is -2.07. The van der Waals surface area contributed by atoms with E-state index >= 15 is 0 Å². The van der Waals surface area contributed by atoms with Crippen LogP contribution in [0.5, 0.6) is 0 Å². The van der Waals surface area contributed by atoms with Gasteiger partial charge in [-0.25, -0.2) is 9.97 Å². The van der Waals surface area contributed by atoms with E-state index in [1.807, 2.05) is 24.3 Å². The predicted molar refractivity (Wildman–Crippen MR) is 100 cm³/mol. The first-order chi connectivity index (χ1) is 12.9. The molecular formula is C19H18F3N5. The Hall–Kier alpha value is -3.29. The summed E-state index contributed by atoms with van der Waals surface area (Å²) in [6, 6.07) is 12.6. The molecule has 0 aliphatic rings. The first kappa shape index (κ1) is 18.5. The van der Waals surface area contributed by atoms with Crippen LogP contribution >= 0.6 is 0 Å². The fraction of sp³-hybridized carbons (Fsp3) is 0.158. The van der Waals surface area contributed by atoms with Crippen molar-refractivity contribution in [2.45, 2.75) is 19.5 Å². The maximum Gasteiger partial charge on any atom is 0.416 e. The molecule has 1 aromatic heterocycles. The van der Waals surface area contributed by atoms with Crippen LogP contribution in [0, 0.1) is 0 Å². The average Bonchev–Trinajstić information content (AvgIpc) is 2.65. The molecule has 8 heteroatoms. The number of nitrogens with zero attached hydrogens (tertiary/aromatic N) is 2. The molecule has 3 rings (SSSR count). The number of rotatable bonds is 5. The summed E-state index contributed by atoms with van der Waals surface area (Å²) in [5, 5.41) is 5.90. The van der Waals surface area contributed by atoms with E-state index in [1.54, 1.807) is 0 Å². The smallest absolute Gasteiger partial charge is 0.393 e. The van der Waals surface area contributed by atoms with Crippen molar-refractivity contribution in [3.8, 4) is 0 Å². The maximum atomic E-state index is 12.9. The van der Waals surface area contributed by atoms with Crippen LogP contribution in [0.2, 0.25) is 0 Å². The second kappa shape index (κ2) is 7.53. The molecule has 2 aromatic carbocycles. The van der Waals surface area contributed by atoms with E-state index in [0.29, 0.717) is 5.82 Å². The highest BCUT2D eigenvalue weighted by Crippen LogP contribution is 2.33. The van der Waals surface area contributed by atoms with Crippen molar-refractivity contribution in [2.24, 2.45) is 0 Å². The van der Waals surface area contributed by atoms with Crippen LogP contribution < -0.4 is 16.4 Å². The highest BCUT2D eigenvalue weighted by Gasteiger charge is 2.30. The lowest BCUT2D eigenvalue weighted by Gasteiger charge is -2.14. The molecule has 0 saturated carbocycles. The van der Waals surface area contributed by atoms with E-state index < -0.39 is 11.7 Å². The van der Waals surface area contributed by atoms with E-state index in [-0.39, 0.29) is 17.2 Å². The fourth-order valence-electron chi connectivity index (χ4n) is 2.47. The minimum Gasteiger partial charge on any atom is -0.393 e. The Balaban J connectivity index is 1.82. The van der Waals surface area contributed by atoms with Crippen LogP contribution in [0.15, 0.2) is 54.9 Å². The Kier molecular flexibility index (Phi) is 5.16. The highest BCUT2D eigenvalue weighted by atomic mass is 19.4. The standard InChI is InChI=1S/C19H18F3N5/c1-2-12-6-8-14(9-7-12)26-17-16(23)18(25-11-24-17)27-15-5-3-4-13(10-15)19(20,21)22/h3-11H,2,23H2,1H3,(H2,24,25,26,27). The molecule has 0 fully saturated rings. The normalized spacial score (nSPS) is 11.3. The Labute approximate surface area is 154 Å². The van der Waals surface area contributed by atoms with Gasteiger partial charge in [0.05, 0.1) is 5.56 Å². The van der Waals surface area contributed by atoms with Gasteiger partial charge in [-0.15, -0.1) is 0 Å². The molecule has 0 radical (unpaired) electrons. The Morgan fingerprint density at radius 2 is 1.56 bits per heavy atom. The van der Waals surface area contributed by atoms with E-state index in [1.165, 1.54) is 24.0 Å². The number of aryl methyl sites for hydroxylation is 1. The van der Waals surface area contributed by atoms with Gasteiger partial charge in [0.15, 0.2) is 11.6 Å². The third kappa shape index (κ3) is 4.46. The zero-order valence-corrected chi connectivity index (χ0v) is 14.5. The van der Waals surface area contributed by atoms with Gasteiger partial charge in [-0.2, -0.15) is 13.2 Å². The SMILES string of the molecule is CCc1ccc(Nc2ncnc(Nc3cccc(C(F)(F)F)c3)c2N)cc1. The zero-order valence-electron chi connectivity index (χ0n) is 14.5. The van der Waals surface area contributed by atoms with Gasteiger partial charge in [-0.05, 0) is 42.3 Å². The first-order valence-electron chi connectivity index (χ1n) is 8.27. The Morgan fingerprint density at radius 1 is 0.926 bits per heavy atom. The molecule has 0 bridgehead atoms. The third-order valence-electron chi connectivity index (χ3n) is 3.96. The number of nitrogen functional groups attached to an aromatic ring is 1. The van der Waals surface area contributed by atoms with Crippen LogP contribution in [0.25, 0.3) is 0 Å². The van der Waals surface area contributed by atoms with Crippen LogP contribution in [0.3, 0.4) is 0 Å². The maximum absolute atomic E-state index is 12.9. The summed E-state index contributed by atoms with van der Waals surface area (Å²) >= 11 is 0. The van der Waals surface area contributed by atoms with Crippen molar-refractivity contribution in [1.29, 1.82) is 0 Å². The van der Waals surface area contributed by atoms with Gasteiger partial charge in [0.25, 0.3) is 0 Å². The number of benzene rings is 2. The molecule has 27 heavy (non-hydrogen) atoms. The molecule has 4 N–H and O–H groups in total. The van der Waals surface area contributed by atoms with Gasteiger partial charge < -0.3 is 16.4 Å². The minimum atomic E-state index is -4.42. The molecule has 5 nitrogen and oxygen atoms in total. The van der Waals surface area contributed by atoms with E-state index in [4.69, 9.17) is 5.73 Å². The number of hydrogen-bond donors (Lipinski definition) is 3. The summed E-state index contributed by atoms with van der Waals surface area (Å²) in [5.41, 5.74) is 7.76. The molecule has 0 aliphatic heterocycles. The molecule has 3 aromatic rings. The molecule has 0 unspecified atom stereocenters. The molecule has 0 spiro atoms. The van der Waals surface area contributed by atoms with Crippen LogP contribution in [0.1, 0.15) is 18.1 Å². The average molecular weight is 373 g/mol. The van der Waals surface area contributed by atoms with Crippen molar-refractivity contribution in [3.05, 3.63) is 66.0 Å². The van der Waals surface area contributed by atoms with Gasteiger partial charge in [0, 0.05) is 11.4 Å². The summed E-state index contributed by atoms with van der Waals surface area (Å²) in [6.07, 6.45) is -2.21. The number of anilines is 5. The minimum absolute atomic E-state index is 0.203. The number of aromatic nitrogens is 2.